The second-order valence-corrected chi connectivity index (χ2v) is 4.41. The van der Waals surface area contributed by atoms with Crippen LogP contribution in [-0.4, -0.2) is 5.91 Å². The third kappa shape index (κ3) is 1.11. The molecule has 1 saturated carbocycles. The molecule has 3 aliphatic rings. The molecule has 0 aromatic rings. The van der Waals surface area contributed by atoms with Crippen molar-refractivity contribution in [3.05, 3.63) is 12.2 Å². The number of primary amides is 1. The van der Waals surface area contributed by atoms with Crippen molar-refractivity contribution in [1.29, 1.82) is 0 Å². The Morgan fingerprint density at radius 3 is 2.54 bits per heavy atom. The lowest BCUT2D eigenvalue weighted by atomic mass is 9.58. The maximum absolute atomic E-state index is 11.5. The molecule has 2 N–H and O–H groups in total. The van der Waals surface area contributed by atoms with Crippen LogP contribution in [0.5, 0.6) is 0 Å². The average molecular weight is 179 g/mol. The summed E-state index contributed by atoms with van der Waals surface area (Å²) < 4.78 is 0. The van der Waals surface area contributed by atoms with Crippen molar-refractivity contribution in [2.45, 2.75) is 32.6 Å². The van der Waals surface area contributed by atoms with Crippen LogP contribution in [0.1, 0.15) is 32.6 Å². The number of amides is 1. The van der Waals surface area contributed by atoms with Gasteiger partial charge in [0.1, 0.15) is 0 Å². The molecule has 13 heavy (non-hydrogen) atoms. The van der Waals surface area contributed by atoms with Crippen LogP contribution < -0.4 is 5.73 Å². The Balaban J connectivity index is 2.33. The van der Waals surface area contributed by atoms with Crippen LogP contribution in [0.3, 0.4) is 0 Å². The summed E-state index contributed by atoms with van der Waals surface area (Å²) in [6, 6.07) is 0. The van der Waals surface area contributed by atoms with Gasteiger partial charge in [-0.15, -0.1) is 0 Å². The first-order chi connectivity index (χ1) is 6.19. The van der Waals surface area contributed by atoms with Crippen LogP contribution in [0.25, 0.3) is 0 Å². The lowest BCUT2D eigenvalue weighted by Crippen LogP contribution is -2.47. The Labute approximate surface area is 79.2 Å². The largest absolute Gasteiger partial charge is 0.369 e. The van der Waals surface area contributed by atoms with Gasteiger partial charge in [-0.25, -0.2) is 0 Å². The van der Waals surface area contributed by atoms with E-state index in [1.165, 1.54) is 6.42 Å². The summed E-state index contributed by atoms with van der Waals surface area (Å²) >= 11 is 0. The lowest BCUT2D eigenvalue weighted by molar-refractivity contribution is -0.133. The third-order valence-electron chi connectivity index (χ3n) is 3.92. The molecular weight excluding hydrogens is 162 g/mol. The standard InChI is InChI=1S/C11H17NO/c1-2-11(10(12)13)7-8-3-5-9(11)6-4-8/h3,5,8-9H,2,4,6-7H2,1H3,(H2,12,13)/t8-,9-,11+/m0/s1. The normalized spacial score (nSPS) is 42.2. The average Bonchev–Trinajstić information content (AvgIpc) is 2.19. The van der Waals surface area contributed by atoms with Gasteiger partial charge in [-0.1, -0.05) is 19.1 Å². The highest BCUT2D eigenvalue weighted by Crippen LogP contribution is 2.50. The molecule has 72 valence electrons. The highest BCUT2D eigenvalue weighted by molar-refractivity contribution is 5.82. The highest BCUT2D eigenvalue weighted by atomic mass is 16.1. The maximum atomic E-state index is 11.5. The minimum absolute atomic E-state index is 0.0888. The zero-order chi connectivity index (χ0) is 9.47. The van der Waals surface area contributed by atoms with Crippen molar-refractivity contribution >= 4 is 5.91 Å². The quantitative estimate of drug-likeness (QED) is 0.646. The SMILES string of the molecule is CC[C@@]1(C(N)=O)C[C@H]2C=C[C@H]1CC2. The summed E-state index contributed by atoms with van der Waals surface area (Å²) in [7, 11) is 0. The Morgan fingerprint density at radius 1 is 1.54 bits per heavy atom. The van der Waals surface area contributed by atoms with E-state index >= 15 is 0 Å². The Morgan fingerprint density at radius 2 is 2.31 bits per heavy atom. The number of hydrogen-bond donors (Lipinski definition) is 1. The molecule has 0 saturated heterocycles. The monoisotopic (exact) mass is 179 g/mol. The predicted octanol–water partition coefficient (Wildman–Crippen LogP) is 1.85. The smallest absolute Gasteiger partial charge is 0.224 e. The lowest BCUT2D eigenvalue weighted by Gasteiger charge is -2.46. The molecule has 1 amide bonds. The van der Waals surface area contributed by atoms with E-state index in [2.05, 4.69) is 19.1 Å². The molecule has 2 heteroatoms. The molecule has 3 atom stereocenters. The van der Waals surface area contributed by atoms with Crippen LogP contribution in [0.2, 0.25) is 0 Å². The first-order valence-corrected chi connectivity index (χ1v) is 5.17. The van der Waals surface area contributed by atoms with Crippen LogP contribution >= 0.6 is 0 Å². The summed E-state index contributed by atoms with van der Waals surface area (Å²) in [6.45, 7) is 2.08. The number of carbonyl (C=O) groups is 1. The van der Waals surface area contributed by atoms with Crippen molar-refractivity contribution in [1.82, 2.24) is 0 Å². The highest BCUT2D eigenvalue weighted by Gasteiger charge is 2.47. The topological polar surface area (TPSA) is 43.1 Å². The number of carbonyl (C=O) groups excluding carboxylic acids is 1. The van der Waals surface area contributed by atoms with Gasteiger partial charge in [0.2, 0.25) is 5.91 Å². The Kier molecular flexibility index (Phi) is 1.94. The van der Waals surface area contributed by atoms with E-state index in [-0.39, 0.29) is 11.3 Å². The zero-order valence-corrected chi connectivity index (χ0v) is 8.12. The van der Waals surface area contributed by atoms with E-state index in [0.717, 1.165) is 19.3 Å². The van der Waals surface area contributed by atoms with E-state index in [1.54, 1.807) is 0 Å². The number of rotatable bonds is 2. The molecule has 3 rings (SSSR count). The Hall–Kier alpha value is -0.790. The number of hydrogen-bond acceptors (Lipinski definition) is 1. The second-order valence-electron chi connectivity index (χ2n) is 4.41. The summed E-state index contributed by atoms with van der Waals surface area (Å²) in [4.78, 5) is 11.5. The molecule has 3 aliphatic carbocycles. The van der Waals surface area contributed by atoms with E-state index in [0.29, 0.717) is 11.8 Å². The van der Waals surface area contributed by atoms with E-state index in [4.69, 9.17) is 5.73 Å². The fraction of sp³-hybridized carbons (Fsp3) is 0.727. The first kappa shape index (κ1) is 8.79. The van der Waals surface area contributed by atoms with Gasteiger partial charge in [0.15, 0.2) is 0 Å². The number of allylic oxidation sites excluding steroid dienone is 2. The van der Waals surface area contributed by atoms with Gasteiger partial charge in [0.05, 0.1) is 5.41 Å². The van der Waals surface area contributed by atoms with Gasteiger partial charge >= 0.3 is 0 Å². The Bertz CT molecular complexity index is 259. The van der Waals surface area contributed by atoms with Crippen LogP contribution in [0, 0.1) is 17.3 Å². The maximum Gasteiger partial charge on any atom is 0.224 e. The van der Waals surface area contributed by atoms with Gasteiger partial charge in [-0.2, -0.15) is 0 Å². The second kappa shape index (κ2) is 2.86. The number of nitrogens with two attached hydrogens (primary N) is 1. The minimum Gasteiger partial charge on any atom is -0.369 e. The third-order valence-corrected chi connectivity index (χ3v) is 3.92. The molecule has 2 bridgehead atoms. The van der Waals surface area contributed by atoms with Gasteiger partial charge in [-0.3, -0.25) is 4.79 Å². The number of fused-ring (bicyclic) bond motifs is 2. The van der Waals surface area contributed by atoms with Crippen molar-refractivity contribution in [2.75, 3.05) is 0 Å². The van der Waals surface area contributed by atoms with E-state index in [1.807, 2.05) is 0 Å². The summed E-state index contributed by atoms with van der Waals surface area (Å²) in [5, 5.41) is 0. The van der Waals surface area contributed by atoms with E-state index < -0.39 is 0 Å². The van der Waals surface area contributed by atoms with Crippen LogP contribution in [0.4, 0.5) is 0 Å². The molecular formula is C11H17NO. The van der Waals surface area contributed by atoms with Crippen molar-refractivity contribution in [3.8, 4) is 0 Å². The molecule has 0 aromatic heterocycles. The molecule has 0 aromatic carbocycles. The minimum atomic E-state index is -0.211. The van der Waals surface area contributed by atoms with Crippen molar-refractivity contribution < 1.29 is 4.79 Å². The molecule has 0 radical (unpaired) electrons. The van der Waals surface area contributed by atoms with Crippen molar-refractivity contribution in [2.24, 2.45) is 23.0 Å². The van der Waals surface area contributed by atoms with Gasteiger partial charge in [-0.05, 0) is 37.5 Å². The van der Waals surface area contributed by atoms with E-state index in [9.17, 15) is 4.79 Å². The fourth-order valence-corrected chi connectivity index (χ4v) is 2.99. The van der Waals surface area contributed by atoms with Crippen LogP contribution in [-0.2, 0) is 4.79 Å². The molecule has 0 spiro atoms. The molecule has 1 fully saturated rings. The molecule has 0 unspecified atom stereocenters. The summed E-state index contributed by atoms with van der Waals surface area (Å²) in [5.74, 6) is 0.937. The fourth-order valence-electron chi connectivity index (χ4n) is 2.99. The van der Waals surface area contributed by atoms with Gasteiger partial charge in [0.25, 0.3) is 0 Å². The van der Waals surface area contributed by atoms with Gasteiger partial charge in [0, 0.05) is 0 Å². The summed E-state index contributed by atoms with van der Waals surface area (Å²) in [6.07, 6.45) is 8.76. The predicted molar refractivity (Wildman–Crippen MR) is 51.9 cm³/mol. The zero-order valence-electron chi connectivity index (χ0n) is 8.12. The van der Waals surface area contributed by atoms with Gasteiger partial charge < -0.3 is 5.73 Å². The molecule has 0 heterocycles. The first-order valence-electron chi connectivity index (χ1n) is 5.17. The molecule has 2 nitrogen and oxygen atoms in total. The van der Waals surface area contributed by atoms with Crippen LogP contribution in [0.15, 0.2) is 12.2 Å². The summed E-state index contributed by atoms with van der Waals surface area (Å²) in [5.41, 5.74) is 5.32. The molecule has 0 aliphatic heterocycles. The van der Waals surface area contributed by atoms with Crippen molar-refractivity contribution in [3.63, 3.8) is 0 Å².